The number of nitrogens with zero attached hydrogens (tertiary/aromatic N) is 1. The van der Waals surface area contributed by atoms with Crippen LogP contribution in [-0.4, -0.2) is 28.4 Å². The Morgan fingerprint density at radius 1 is 0.815 bits per heavy atom. The Kier molecular flexibility index (Phi) is 5.33. The van der Waals surface area contributed by atoms with E-state index in [1.807, 2.05) is 6.07 Å². The molecule has 6 heteroatoms. The second-order valence-electron chi connectivity index (χ2n) is 6.27. The molecule has 0 spiro atoms. The van der Waals surface area contributed by atoms with Gasteiger partial charge in [-0.2, -0.15) is 4.57 Å². The summed E-state index contributed by atoms with van der Waals surface area (Å²) < 4.78 is 24.3. The Labute approximate surface area is 164 Å². The molecule has 5 nitrogen and oxygen atoms in total. The van der Waals surface area contributed by atoms with E-state index in [1.54, 1.807) is 28.4 Å². The van der Waals surface area contributed by atoms with Crippen molar-refractivity contribution in [1.82, 2.24) is 0 Å². The smallest absolute Gasteiger partial charge is 0.213 e. The van der Waals surface area contributed by atoms with E-state index >= 15 is 0 Å². The van der Waals surface area contributed by atoms with Crippen LogP contribution in [0.1, 0.15) is 5.56 Å². The van der Waals surface area contributed by atoms with Gasteiger partial charge < -0.3 is 31.4 Å². The van der Waals surface area contributed by atoms with E-state index in [4.69, 9.17) is 18.9 Å². The number of hydrogen-bond donors (Lipinski definition) is 0. The molecular weight excluding hydrogens is 366 g/mol. The third kappa shape index (κ3) is 3.02. The molecule has 1 aromatic heterocycles. The van der Waals surface area contributed by atoms with E-state index in [-0.39, 0.29) is 12.4 Å². The lowest BCUT2D eigenvalue weighted by atomic mass is 9.95. The van der Waals surface area contributed by atoms with Crippen LogP contribution in [0.5, 0.6) is 23.0 Å². The number of aromatic nitrogens is 1. The Bertz CT molecular complexity index is 1000. The van der Waals surface area contributed by atoms with Crippen LogP contribution in [0.15, 0.2) is 36.5 Å². The highest BCUT2D eigenvalue weighted by atomic mass is 35.5. The molecule has 4 rings (SSSR count). The second kappa shape index (κ2) is 7.53. The summed E-state index contributed by atoms with van der Waals surface area (Å²) in [6.45, 7) is 0.919. The van der Waals surface area contributed by atoms with Crippen molar-refractivity contribution >= 4 is 10.8 Å². The SMILES string of the molecule is COc1cc2c(cc1OC)-c1cc3c(OC)c(OC)ccc3c[n+]1CC2.[Cl-]. The number of benzene rings is 2. The minimum atomic E-state index is 0. The van der Waals surface area contributed by atoms with Gasteiger partial charge in [0.05, 0.1) is 34.0 Å². The molecule has 0 unspecified atom stereocenters. The van der Waals surface area contributed by atoms with Crippen LogP contribution < -0.4 is 35.9 Å². The summed E-state index contributed by atoms with van der Waals surface area (Å²) in [4.78, 5) is 0. The van der Waals surface area contributed by atoms with E-state index in [9.17, 15) is 0 Å². The molecule has 0 bridgehead atoms. The molecule has 142 valence electrons. The van der Waals surface area contributed by atoms with Gasteiger partial charge in [-0.3, -0.25) is 0 Å². The number of methoxy groups -OCH3 is 4. The van der Waals surface area contributed by atoms with Gasteiger partial charge in [-0.05, 0) is 29.8 Å². The first kappa shape index (κ1) is 19.1. The minimum Gasteiger partial charge on any atom is -1.00 e. The van der Waals surface area contributed by atoms with Gasteiger partial charge in [-0.25, -0.2) is 0 Å². The second-order valence-corrected chi connectivity index (χ2v) is 6.27. The first-order valence-corrected chi connectivity index (χ1v) is 8.53. The Balaban J connectivity index is 0.00000210. The first-order chi connectivity index (χ1) is 12.7. The summed E-state index contributed by atoms with van der Waals surface area (Å²) >= 11 is 0. The highest BCUT2D eigenvalue weighted by Crippen LogP contribution is 2.40. The predicted molar refractivity (Wildman–Crippen MR) is 99.5 cm³/mol. The zero-order valence-electron chi connectivity index (χ0n) is 15.8. The van der Waals surface area contributed by atoms with Gasteiger partial charge >= 0.3 is 0 Å². The molecule has 0 aliphatic carbocycles. The van der Waals surface area contributed by atoms with E-state index in [2.05, 4.69) is 35.0 Å². The maximum atomic E-state index is 5.63. The summed E-state index contributed by atoms with van der Waals surface area (Å²) in [6.07, 6.45) is 3.12. The molecule has 0 amide bonds. The zero-order chi connectivity index (χ0) is 18.3. The summed E-state index contributed by atoms with van der Waals surface area (Å²) in [5, 5.41) is 2.15. The van der Waals surface area contributed by atoms with Gasteiger partial charge in [0.1, 0.15) is 0 Å². The number of rotatable bonds is 4. The molecule has 0 N–H and O–H groups in total. The van der Waals surface area contributed by atoms with Crippen molar-refractivity contribution in [2.75, 3.05) is 28.4 Å². The maximum absolute atomic E-state index is 5.63. The number of fused-ring (bicyclic) bond motifs is 4. The van der Waals surface area contributed by atoms with Gasteiger partial charge in [-0.1, -0.05) is 0 Å². The lowest BCUT2D eigenvalue weighted by Crippen LogP contribution is -3.00. The number of hydrogen-bond acceptors (Lipinski definition) is 4. The number of ether oxygens (including phenoxy) is 4. The van der Waals surface area contributed by atoms with Crippen molar-refractivity contribution < 1.29 is 35.9 Å². The lowest BCUT2D eigenvalue weighted by molar-refractivity contribution is -0.686. The van der Waals surface area contributed by atoms with Gasteiger partial charge in [-0.15, -0.1) is 0 Å². The zero-order valence-corrected chi connectivity index (χ0v) is 16.6. The van der Waals surface area contributed by atoms with Crippen molar-refractivity contribution in [1.29, 1.82) is 0 Å². The van der Waals surface area contributed by atoms with Crippen molar-refractivity contribution in [3.8, 4) is 34.3 Å². The Hall–Kier alpha value is -2.66. The van der Waals surface area contributed by atoms with Gasteiger partial charge in [0, 0.05) is 23.3 Å². The molecule has 0 radical (unpaired) electrons. The van der Waals surface area contributed by atoms with Crippen LogP contribution >= 0.6 is 0 Å². The normalized spacial score (nSPS) is 11.9. The molecule has 1 aliphatic heterocycles. The summed E-state index contributed by atoms with van der Waals surface area (Å²) in [5.74, 6) is 2.98. The largest absolute Gasteiger partial charge is 1.00 e. The molecule has 0 saturated heterocycles. The van der Waals surface area contributed by atoms with Crippen molar-refractivity contribution in [3.63, 3.8) is 0 Å². The predicted octanol–water partition coefficient (Wildman–Crippen LogP) is 0.389. The van der Waals surface area contributed by atoms with Crippen molar-refractivity contribution in [3.05, 3.63) is 42.1 Å². The molecule has 0 fully saturated rings. The van der Waals surface area contributed by atoms with E-state index in [0.29, 0.717) is 0 Å². The molecule has 3 aromatic rings. The monoisotopic (exact) mass is 387 g/mol. The average Bonchev–Trinajstić information content (AvgIpc) is 2.70. The molecule has 0 atom stereocenters. The Morgan fingerprint density at radius 2 is 1.52 bits per heavy atom. The number of aryl methyl sites for hydroxylation is 2. The number of halogens is 1. The van der Waals surface area contributed by atoms with Crippen molar-refractivity contribution in [2.24, 2.45) is 0 Å². The lowest BCUT2D eigenvalue weighted by Gasteiger charge is -2.19. The Morgan fingerprint density at radius 3 is 2.19 bits per heavy atom. The fourth-order valence-corrected chi connectivity index (χ4v) is 3.71. The van der Waals surface area contributed by atoms with E-state index in [1.165, 1.54) is 5.56 Å². The molecule has 2 aromatic carbocycles. The van der Waals surface area contributed by atoms with Gasteiger partial charge in [0.2, 0.25) is 5.69 Å². The van der Waals surface area contributed by atoms with Crippen LogP contribution in [0.25, 0.3) is 22.0 Å². The fourth-order valence-electron chi connectivity index (χ4n) is 3.71. The van der Waals surface area contributed by atoms with Crippen LogP contribution in [0, 0.1) is 0 Å². The fraction of sp³-hybridized carbons (Fsp3) is 0.286. The van der Waals surface area contributed by atoms with Gasteiger partial charge in [0.15, 0.2) is 35.7 Å². The summed E-state index contributed by atoms with van der Waals surface area (Å²) in [6, 6.07) is 10.3. The molecular formula is C21H22ClNO4. The first-order valence-electron chi connectivity index (χ1n) is 8.53. The summed E-state index contributed by atoms with van der Waals surface area (Å²) in [5.41, 5.74) is 3.54. The average molecular weight is 388 g/mol. The van der Waals surface area contributed by atoms with E-state index < -0.39 is 0 Å². The maximum Gasteiger partial charge on any atom is 0.213 e. The highest BCUT2D eigenvalue weighted by Gasteiger charge is 2.27. The third-order valence-corrected chi connectivity index (χ3v) is 5.01. The topological polar surface area (TPSA) is 40.8 Å². The molecule has 0 saturated carbocycles. The van der Waals surface area contributed by atoms with Crippen LogP contribution in [0.2, 0.25) is 0 Å². The quantitative estimate of drug-likeness (QED) is 0.607. The van der Waals surface area contributed by atoms with Crippen LogP contribution in [0.3, 0.4) is 0 Å². The standard InChI is InChI=1S/C21H22NO4.ClH/c1-23-18-6-5-14-12-22-8-7-13-9-19(24-2)20(25-3)11-15(13)17(22)10-16(14)21(18)26-4;/h5-6,9-12H,7-8H2,1-4H3;1H/q+1;/p-1. The molecule has 1 aliphatic rings. The molecule has 2 heterocycles. The van der Waals surface area contributed by atoms with Crippen LogP contribution in [-0.2, 0) is 13.0 Å². The summed E-state index contributed by atoms with van der Waals surface area (Å²) in [7, 11) is 6.66. The molecule has 27 heavy (non-hydrogen) atoms. The van der Waals surface area contributed by atoms with Gasteiger partial charge in [0.25, 0.3) is 0 Å². The van der Waals surface area contributed by atoms with E-state index in [0.717, 1.165) is 58.0 Å². The third-order valence-electron chi connectivity index (χ3n) is 5.01. The minimum absolute atomic E-state index is 0. The highest BCUT2D eigenvalue weighted by molar-refractivity contribution is 5.92. The van der Waals surface area contributed by atoms with Crippen LogP contribution in [0.4, 0.5) is 0 Å². The van der Waals surface area contributed by atoms with Crippen molar-refractivity contribution in [2.45, 2.75) is 13.0 Å². The number of pyridine rings is 1.